The molecule has 16 nitrogen and oxygen atoms in total. The van der Waals surface area contributed by atoms with Gasteiger partial charge in [0.2, 0.25) is 34.4 Å². The zero-order valence-electron chi connectivity index (χ0n) is 28.1. The summed E-state index contributed by atoms with van der Waals surface area (Å²) in [6.07, 6.45) is 2.84. The van der Waals surface area contributed by atoms with E-state index in [9.17, 15) is 16.8 Å². The van der Waals surface area contributed by atoms with Crippen LogP contribution in [-0.4, -0.2) is 61.0 Å². The molecule has 4 N–H and O–H groups in total. The van der Waals surface area contributed by atoms with Gasteiger partial charge in [-0.25, -0.2) is 0 Å². The number of benzene rings is 4. The Morgan fingerprint density at radius 1 is 0.481 bits per heavy atom. The SMILES string of the molecule is COS(=O)(=O)c1cc(Nc2nc(Cl)nc(Nc3ccccc3)n2)ccc1/C=C/c1ccc(Nc2nc(Cl)nc(Nc3ccccc3)n2)cc1S(=O)(=O)OC. The van der Waals surface area contributed by atoms with Crippen LogP contribution in [0.2, 0.25) is 10.6 Å². The number of aromatic nitrogens is 6. The van der Waals surface area contributed by atoms with E-state index in [-0.39, 0.29) is 66.7 Å². The lowest BCUT2D eigenvalue weighted by Gasteiger charge is -2.12. The third-order valence-corrected chi connectivity index (χ3v) is 10.2. The smallest absolute Gasteiger partial charge is 0.297 e. The minimum Gasteiger partial charge on any atom is -0.324 e. The largest absolute Gasteiger partial charge is 0.324 e. The molecule has 6 rings (SSSR count). The summed E-state index contributed by atoms with van der Waals surface area (Å²) < 4.78 is 62.0. The van der Waals surface area contributed by atoms with Crippen LogP contribution in [-0.2, 0) is 28.6 Å². The summed E-state index contributed by atoms with van der Waals surface area (Å²) in [6.45, 7) is 0. The molecule has 54 heavy (non-hydrogen) atoms. The van der Waals surface area contributed by atoms with E-state index in [1.807, 2.05) is 60.7 Å². The maximum atomic E-state index is 13.1. The fourth-order valence-corrected chi connectivity index (χ4v) is 6.85. The maximum Gasteiger partial charge on any atom is 0.297 e. The average molecular weight is 808 g/mol. The van der Waals surface area contributed by atoms with Crippen LogP contribution in [0.15, 0.2) is 107 Å². The molecular formula is C34H28Cl2N10O6S2. The van der Waals surface area contributed by atoms with Crippen molar-refractivity contribution in [2.75, 3.05) is 35.5 Å². The molecule has 0 radical (unpaired) electrons. The molecular weight excluding hydrogens is 779 g/mol. The Hall–Kier alpha value is -5.76. The van der Waals surface area contributed by atoms with Gasteiger partial charge in [-0.2, -0.15) is 46.7 Å². The summed E-state index contributed by atoms with van der Waals surface area (Å²) in [5, 5.41) is 11.7. The lowest BCUT2D eigenvalue weighted by molar-refractivity contribution is 0.396. The van der Waals surface area contributed by atoms with Gasteiger partial charge in [0.05, 0.1) is 14.2 Å². The van der Waals surface area contributed by atoms with Gasteiger partial charge in [0.15, 0.2) is 0 Å². The van der Waals surface area contributed by atoms with Crippen molar-refractivity contribution in [3.8, 4) is 0 Å². The normalized spacial score (nSPS) is 11.7. The van der Waals surface area contributed by atoms with E-state index in [2.05, 4.69) is 51.2 Å². The summed E-state index contributed by atoms with van der Waals surface area (Å²) in [5.41, 5.74) is 2.30. The third-order valence-electron chi connectivity index (χ3n) is 7.24. The highest BCUT2D eigenvalue weighted by Gasteiger charge is 2.21. The van der Waals surface area contributed by atoms with E-state index in [0.29, 0.717) is 11.4 Å². The number of nitrogens with one attached hydrogen (secondary N) is 4. The van der Waals surface area contributed by atoms with Crippen molar-refractivity contribution in [2.45, 2.75) is 9.79 Å². The molecule has 0 aliphatic carbocycles. The molecule has 0 fully saturated rings. The number of hydrogen-bond acceptors (Lipinski definition) is 16. The standard InChI is InChI=1S/C34H28Cl2N10O6S2/c1-51-53(47,48)27-19-25(39-33-43-29(35)41-31(45-33)37-23-9-5-3-6-10-23)17-15-21(27)13-14-22-16-18-26(20-28(22)54(49,50)52-2)40-34-44-30(36)42-32(46-34)38-24-11-7-4-8-12-24/h3-20H,1-2H3,(H2,37,39,41,43,45)(H2,38,40,42,44,46)/b14-13+. The van der Waals surface area contributed by atoms with Crippen LogP contribution >= 0.6 is 23.2 Å². The molecule has 0 aliphatic rings. The van der Waals surface area contributed by atoms with Gasteiger partial charge in [0, 0.05) is 22.7 Å². The van der Waals surface area contributed by atoms with Gasteiger partial charge >= 0.3 is 0 Å². The Morgan fingerprint density at radius 3 is 1.15 bits per heavy atom. The van der Waals surface area contributed by atoms with Crippen molar-refractivity contribution >= 4 is 102 Å². The first-order valence-electron chi connectivity index (χ1n) is 15.5. The van der Waals surface area contributed by atoms with Gasteiger partial charge in [0.1, 0.15) is 9.79 Å². The van der Waals surface area contributed by atoms with Crippen molar-refractivity contribution in [2.24, 2.45) is 0 Å². The molecule has 0 saturated heterocycles. The van der Waals surface area contributed by atoms with E-state index in [4.69, 9.17) is 31.6 Å². The van der Waals surface area contributed by atoms with Crippen LogP contribution in [0.3, 0.4) is 0 Å². The molecule has 0 saturated carbocycles. The van der Waals surface area contributed by atoms with Gasteiger partial charge in [-0.1, -0.05) is 60.7 Å². The van der Waals surface area contributed by atoms with Crippen molar-refractivity contribution in [1.82, 2.24) is 29.9 Å². The number of nitrogens with zero attached hydrogens (tertiary/aromatic N) is 6. The van der Waals surface area contributed by atoms with Crippen molar-refractivity contribution < 1.29 is 25.2 Å². The summed E-state index contributed by atoms with van der Waals surface area (Å²) in [6, 6.07) is 27.0. The second-order valence-corrected chi connectivity index (χ2v) is 14.9. The summed E-state index contributed by atoms with van der Waals surface area (Å²) in [7, 11) is -6.54. The predicted octanol–water partition coefficient (Wildman–Crippen LogP) is 7.18. The summed E-state index contributed by atoms with van der Waals surface area (Å²) >= 11 is 12.3. The highest BCUT2D eigenvalue weighted by atomic mass is 35.5. The van der Waals surface area contributed by atoms with Gasteiger partial charge < -0.3 is 21.3 Å². The van der Waals surface area contributed by atoms with Crippen LogP contribution in [0.1, 0.15) is 11.1 Å². The van der Waals surface area contributed by atoms with Gasteiger partial charge in [-0.05, 0) is 82.9 Å². The molecule has 0 spiro atoms. The molecule has 2 aromatic heterocycles. The fraction of sp³-hybridized carbons (Fsp3) is 0.0588. The summed E-state index contributed by atoms with van der Waals surface area (Å²) in [5.74, 6) is 0.364. The minimum atomic E-state index is -4.29. The number of rotatable bonds is 14. The van der Waals surface area contributed by atoms with E-state index < -0.39 is 20.2 Å². The first kappa shape index (κ1) is 38.0. The topological polar surface area (TPSA) is 212 Å². The van der Waals surface area contributed by atoms with Crippen molar-refractivity contribution in [1.29, 1.82) is 0 Å². The maximum absolute atomic E-state index is 13.1. The van der Waals surface area contributed by atoms with Gasteiger partial charge in [0.25, 0.3) is 20.2 Å². The fourth-order valence-electron chi connectivity index (χ4n) is 4.77. The van der Waals surface area contributed by atoms with E-state index in [1.54, 1.807) is 12.1 Å². The Balaban J connectivity index is 1.28. The molecule has 6 aromatic rings. The minimum absolute atomic E-state index is 0.0312. The molecule has 0 aliphatic heterocycles. The molecule has 20 heteroatoms. The zero-order valence-corrected chi connectivity index (χ0v) is 31.2. The monoisotopic (exact) mass is 806 g/mol. The Labute approximate surface area is 320 Å². The second-order valence-electron chi connectivity index (χ2n) is 10.8. The molecule has 0 atom stereocenters. The molecule has 0 unspecified atom stereocenters. The highest BCUT2D eigenvalue weighted by Crippen LogP contribution is 2.30. The molecule has 4 aromatic carbocycles. The molecule has 0 bridgehead atoms. The lowest BCUT2D eigenvalue weighted by atomic mass is 10.1. The lowest BCUT2D eigenvalue weighted by Crippen LogP contribution is -2.08. The first-order valence-corrected chi connectivity index (χ1v) is 19.1. The van der Waals surface area contributed by atoms with Gasteiger partial charge in [-0.3, -0.25) is 8.37 Å². The zero-order chi connectivity index (χ0) is 38.3. The van der Waals surface area contributed by atoms with Crippen LogP contribution in [0, 0.1) is 0 Å². The number of hydrogen-bond donors (Lipinski definition) is 4. The number of anilines is 8. The second kappa shape index (κ2) is 16.5. The van der Waals surface area contributed by atoms with Crippen LogP contribution in [0.5, 0.6) is 0 Å². The third kappa shape index (κ3) is 9.61. The van der Waals surface area contributed by atoms with Crippen molar-refractivity contribution in [3.05, 3.63) is 119 Å². The Bertz CT molecular complexity index is 2380. The first-order chi connectivity index (χ1) is 25.9. The Morgan fingerprint density at radius 2 is 0.815 bits per heavy atom. The van der Waals surface area contributed by atoms with Crippen LogP contribution < -0.4 is 21.3 Å². The van der Waals surface area contributed by atoms with Crippen LogP contribution in [0.25, 0.3) is 12.2 Å². The average Bonchev–Trinajstić information content (AvgIpc) is 3.15. The predicted molar refractivity (Wildman–Crippen MR) is 206 cm³/mol. The van der Waals surface area contributed by atoms with Gasteiger partial charge in [-0.15, -0.1) is 0 Å². The molecule has 2 heterocycles. The van der Waals surface area contributed by atoms with E-state index in [1.165, 1.54) is 36.4 Å². The van der Waals surface area contributed by atoms with Crippen molar-refractivity contribution in [3.63, 3.8) is 0 Å². The number of para-hydroxylation sites is 2. The quantitative estimate of drug-likeness (QED) is 0.0634. The van der Waals surface area contributed by atoms with E-state index >= 15 is 0 Å². The summed E-state index contributed by atoms with van der Waals surface area (Å²) in [4.78, 5) is 24.5. The highest BCUT2D eigenvalue weighted by molar-refractivity contribution is 7.87. The Kier molecular flexibility index (Phi) is 11.6. The molecule has 276 valence electrons. The molecule has 0 amide bonds. The van der Waals surface area contributed by atoms with Crippen LogP contribution in [0.4, 0.5) is 46.5 Å². The number of halogens is 2. The van der Waals surface area contributed by atoms with E-state index in [0.717, 1.165) is 14.2 Å².